The number of aryl methyl sites for hydroxylation is 1. The van der Waals surface area contributed by atoms with Crippen molar-refractivity contribution in [2.24, 2.45) is 0 Å². The molecule has 0 spiro atoms. The van der Waals surface area contributed by atoms with Gasteiger partial charge in [-0.25, -0.2) is 9.78 Å². The number of hydrogen-bond acceptors (Lipinski definition) is 8. The van der Waals surface area contributed by atoms with Crippen molar-refractivity contribution in [2.45, 2.75) is 31.8 Å². The van der Waals surface area contributed by atoms with Crippen LogP contribution in [0.2, 0.25) is 0 Å². The molecule has 0 saturated heterocycles. The number of pyridine rings is 2. The number of aromatic nitrogens is 4. The highest BCUT2D eigenvalue weighted by Crippen LogP contribution is 2.31. The second-order valence-corrected chi connectivity index (χ2v) is 9.21. The van der Waals surface area contributed by atoms with Gasteiger partial charge >= 0.3 is 6.09 Å². The van der Waals surface area contributed by atoms with E-state index in [2.05, 4.69) is 15.0 Å². The Labute approximate surface area is 217 Å². The number of fused-ring (bicyclic) bond motifs is 3. The SMILES string of the molecule is COc1ccc2ncc(=O)n(-c3ccc4c(c3)CCC(N(Cc3cc5c(cn3)OCCO5)C(=O)O)C4)c2n1. The van der Waals surface area contributed by atoms with Crippen LogP contribution < -0.4 is 19.8 Å². The summed E-state index contributed by atoms with van der Waals surface area (Å²) < 4.78 is 17.9. The van der Waals surface area contributed by atoms with Crippen molar-refractivity contribution in [3.63, 3.8) is 0 Å². The van der Waals surface area contributed by atoms with Gasteiger partial charge in [0.15, 0.2) is 17.1 Å². The molecule has 1 unspecified atom stereocenters. The van der Waals surface area contributed by atoms with Crippen molar-refractivity contribution < 1.29 is 24.1 Å². The highest BCUT2D eigenvalue weighted by molar-refractivity contribution is 5.73. The number of ether oxygens (including phenoxy) is 3. The molecule has 1 aromatic carbocycles. The first-order valence-electron chi connectivity index (χ1n) is 12.3. The quantitative estimate of drug-likeness (QED) is 0.426. The van der Waals surface area contributed by atoms with Crippen molar-refractivity contribution in [3.05, 3.63) is 76.0 Å². The molecular weight excluding hydrogens is 490 g/mol. The van der Waals surface area contributed by atoms with Crippen molar-refractivity contribution in [1.82, 2.24) is 24.4 Å². The molecule has 2 aliphatic rings. The number of amides is 1. The standard InChI is InChI=1S/C27H25N5O6/c1-36-24-7-6-21-26(30-24)32(25(33)14-29-21)20-5-3-16-10-19(4-2-17(16)11-20)31(27(34)35)15-18-12-22-23(13-28-18)38-9-8-37-22/h3,5-7,11-14,19H,2,4,8-10,15H2,1H3,(H,34,35). The average Bonchev–Trinajstić information content (AvgIpc) is 2.94. The molecule has 1 amide bonds. The van der Waals surface area contributed by atoms with Gasteiger partial charge in [0, 0.05) is 18.2 Å². The van der Waals surface area contributed by atoms with E-state index in [9.17, 15) is 14.7 Å². The van der Waals surface area contributed by atoms with Crippen LogP contribution in [0.25, 0.3) is 16.9 Å². The van der Waals surface area contributed by atoms with Crippen LogP contribution in [0, 0.1) is 0 Å². The van der Waals surface area contributed by atoms with E-state index in [1.807, 2.05) is 18.2 Å². The second kappa shape index (κ2) is 9.66. The van der Waals surface area contributed by atoms with Crippen LogP contribution in [0.1, 0.15) is 23.2 Å². The molecule has 11 heteroatoms. The number of carboxylic acid groups (broad SMARTS) is 1. The Hall–Kier alpha value is -4.67. The fourth-order valence-corrected chi connectivity index (χ4v) is 5.07. The largest absolute Gasteiger partial charge is 0.486 e. The van der Waals surface area contributed by atoms with Crippen LogP contribution >= 0.6 is 0 Å². The Kier molecular flexibility index (Phi) is 6.02. The van der Waals surface area contributed by atoms with Crippen LogP contribution in [0.4, 0.5) is 4.79 Å². The molecule has 3 aromatic heterocycles. The Morgan fingerprint density at radius 3 is 2.76 bits per heavy atom. The molecule has 0 saturated carbocycles. The highest BCUT2D eigenvalue weighted by Gasteiger charge is 2.29. The normalized spacial score (nSPS) is 16.1. The molecule has 4 aromatic rings. The lowest BCUT2D eigenvalue weighted by Gasteiger charge is -2.33. The fourth-order valence-electron chi connectivity index (χ4n) is 5.07. The lowest BCUT2D eigenvalue weighted by Crippen LogP contribution is -2.42. The molecule has 4 heterocycles. The van der Waals surface area contributed by atoms with Gasteiger partial charge in [-0.05, 0) is 48.6 Å². The Balaban J connectivity index is 1.27. The molecule has 1 N–H and O–H groups in total. The van der Waals surface area contributed by atoms with Crippen LogP contribution in [0.5, 0.6) is 17.4 Å². The lowest BCUT2D eigenvalue weighted by molar-refractivity contribution is 0.114. The van der Waals surface area contributed by atoms with E-state index in [1.165, 1.54) is 22.8 Å². The number of nitrogens with zero attached hydrogens (tertiary/aromatic N) is 5. The Bertz CT molecular complexity index is 1600. The summed E-state index contributed by atoms with van der Waals surface area (Å²) in [5.74, 6) is 1.54. The van der Waals surface area contributed by atoms with E-state index in [1.54, 1.807) is 24.4 Å². The monoisotopic (exact) mass is 515 g/mol. The van der Waals surface area contributed by atoms with E-state index in [0.29, 0.717) is 72.4 Å². The first-order valence-corrected chi connectivity index (χ1v) is 12.3. The minimum atomic E-state index is -0.999. The van der Waals surface area contributed by atoms with Gasteiger partial charge in [0.05, 0.1) is 37.4 Å². The summed E-state index contributed by atoms with van der Waals surface area (Å²) in [4.78, 5) is 39.5. The van der Waals surface area contributed by atoms with E-state index < -0.39 is 6.09 Å². The molecule has 0 fully saturated rings. The number of rotatable bonds is 5. The Morgan fingerprint density at radius 1 is 1.11 bits per heavy atom. The van der Waals surface area contributed by atoms with Crippen LogP contribution in [0.15, 0.2) is 53.6 Å². The van der Waals surface area contributed by atoms with E-state index in [0.717, 1.165) is 11.1 Å². The van der Waals surface area contributed by atoms with Gasteiger partial charge in [0.25, 0.3) is 5.56 Å². The summed E-state index contributed by atoms with van der Waals surface area (Å²) in [6, 6.07) is 10.8. The highest BCUT2D eigenvalue weighted by atomic mass is 16.6. The molecule has 6 rings (SSSR count). The minimum Gasteiger partial charge on any atom is -0.486 e. The fraction of sp³-hybridized carbons (Fsp3) is 0.296. The molecule has 0 radical (unpaired) electrons. The zero-order valence-electron chi connectivity index (χ0n) is 20.7. The van der Waals surface area contributed by atoms with Gasteiger partial charge in [-0.1, -0.05) is 6.07 Å². The maximum atomic E-state index is 12.8. The van der Waals surface area contributed by atoms with Crippen LogP contribution in [-0.2, 0) is 19.4 Å². The summed E-state index contributed by atoms with van der Waals surface area (Å²) >= 11 is 0. The van der Waals surface area contributed by atoms with Gasteiger partial charge < -0.3 is 19.3 Å². The number of methoxy groups -OCH3 is 1. The van der Waals surface area contributed by atoms with Crippen molar-refractivity contribution >= 4 is 17.3 Å². The van der Waals surface area contributed by atoms with Gasteiger partial charge in [0.1, 0.15) is 18.7 Å². The maximum absolute atomic E-state index is 12.8. The predicted octanol–water partition coefficient (Wildman–Crippen LogP) is 2.99. The zero-order chi connectivity index (χ0) is 26.2. The molecule has 194 valence electrons. The van der Waals surface area contributed by atoms with E-state index in [4.69, 9.17) is 14.2 Å². The summed E-state index contributed by atoms with van der Waals surface area (Å²) in [6.07, 6.45) is 3.73. The lowest BCUT2D eigenvalue weighted by atomic mass is 9.87. The van der Waals surface area contributed by atoms with Gasteiger partial charge in [0.2, 0.25) is 5.88 Å². The van der Waals surface area contributed by atoms with E-state index in [-0.39, 0.29) is 18.1 Å². The summed E-state index contributed by atoms with van der Waals surface area (Å²) in [5.41, 5.74) is 4.09. The third kappa shape index (κ3) is 4.36. The summed E-state index contributed by atoms with van der Waals surface area (Å²) in [7, 11) is 1.52. The topological polar surface area (TPSA) is 129 Å². The maximum Gasteiger partial charge on any atom is 0.407 e. The van der Waals surface area contributed by atoms with Crippen molar-refractivity contribution in [3.8, 4) is 23.1 Å². The van der Waals surface area contributed by atoms with E-state index >= 15 is 0 Å². The molecular formula is C27H25N5O6. The number of benzene rings is 1. The van der Waals surface area contributed by atoms with Gasteiger partial charge in [-0.3, -0.25) is 19.2 Å². The molecule has 1 aliphatic heterocycles. The molecule has 1 aliphatic carbocycles. The second-order valence-electron chi connectivity index (χ2n) is 9.21. The third-order valence-corrected chi connectivity index (χ3v) is 6.94. The minimum absolute atomic E-state index is 0.149. The number of hydrogen-bond donors (Lipinski definition) is 1. The van der Waals surface area contributed by atoms with Crippen LogP contribution in [-0.4, -0.2) is 62.0 Å². The first-order chi connectivity index (χ1) is 18.5. The van der Waals surface area contributed by atoms with Gasteiger partial charge in [-0.2, -0.15) is 4.98 Å². The molecule has 0 bridgehead atoms. The van der Waals surface area contributed by atoms with Crippen molar-refractivity contribution in [2.75, 3.05) is 20.3 Å². The summed E-state index contributed by atoms with van der Waals surface area (Å²) in [6.45, 7) is 1.07. The number of carbonyl (C=O) groups is 1. The average molecular weight is 516 g/mol. The van der Waals surface area contributed by atoms with Crippen LogP contribution in [0.3, 0.4) is 0 Å². The van der Waals surface area contributed by atoms with Gasteiger partial charge in [-0.15, -0.1) is 0 Å². The van der Waals surface area contributed by atoms with Crippen molar-refractivity contribution in [1.29, 1.82) is 0 Å². The molecule has 38 heavy (non-hydrogen) atoms. The predicted molar refractivity (Wildman–Crippen MR) is 136 cm³/mol. The first kappa shape index (κ1) is 23.7. The summed E-state index contributed by atoms with van der Waals surface area (Å²) in [5, 5.41) is 10.0. The third-order valence-electron chi connectivity index (χ3n) is 6.94. The smallest absolute Gasteiger partial charge is 0.407 e. The molecule has 11 nitrogen and oxygen atoms in total. The molecule has 1 atom stereocenters. The zero-order valence-corrected chi connectivity index (χ0v) is 20.7. The Morgan fingerprint density at radius 2 is 1.95 bits per heavy atom.